The molecule has 0 aromatic rings. The molecule has 0 bridgehead atoms. The minimum absolute atomic E-state index is 0.188. The van der Waals surface area contributed by atoms with Crippen molar-refractivity contribution in [2.24, 2.45) is 17.3 Å². The number of carbonyl (C=O) groups is 1. The van der Waals surface area contributed by atoms with Crippen molar-refractivity contribution in [2.45, 2.75) is 72.6 Å². The second-order valence-electron chi connectivity index (χ2n) is 8.24. The highest BCUT2D eigenvalue weighted by molar-refractivity contribution is 5.66. The van der Waals surface area contributed by atoms with Crippen molar-refractivity contribution in [1.82, 2.24) is 0 Å². The fourth-order valence-electron chi connectivity index (χ4n) is 4.47. The van der Waals surface area contributed by atoms with E-state index in [1.54, 1.807) is 0 Å². The highest BCUT2D eigenvalue weighted by Gasteiger charge is 2.43. The number of ether oxygens (including phenoxy) is 1. The molecule has 0 spiro atoms. The predicted octanol–water partition coefficient (Wildman–Crippen LogP) is 5.99. The average Bonchev–Trinajstić information content (AvgIpc) is 2.83. The van der Waals surface area contributed by atoms with Gasteiger partial charge >= 0.3 is 5.97 Å². The largest absolute Gasteiger partial charge is 0.461 e. The van der Waals surface area contributed by atoms with Crippen LogP contribution in [0.1, 0.15) is 72.6 Å². The summed E-state index contributed by atoms with van der Waals surface area (Å²) in [5, 5.41) is 0. The Hall–Kier alpha value is -1.31. The first-order valence-corrected chi connectivity index (χ1v) is 9.44. The van der Waals surface area contributed by atoms with Crippen molar-refractivity contribution in [3.05, 3.63) is 35.5 Å². The zero-order valence-electron chi connectivity index (χ0n) is 16.0. The third-order valence-electron chi connectivity index (χ3n) is 6.15. The fourth-order valence-corrected chi connectivity index (χ4v) is 4.47. The van der Waals surface area contributed by atoms with E-state index in [0.717, 1.165) is 25.7 Å². The molecule has 0 aromatic carbocycles. The molecule has 2 rings (SSSR count). The SMILES string of the molecule is C=C(C)[C@H]1CC[C@]2(C)C/C=C(\C)CCC/C(COC(C)=O)=C/C[C@@H]12. The van der Waals surface area contributed by atoms with Gasteiger partial charge in [-0.25, -0.2) is 0 Å². The summed E-state index contributed by atoms with van der Waals surface area (Å²) in [5.74, 6) is 1.08. The zero-order valence-corrected chi connectivity index (χ0v) is 16.0. The van der Waals surface area contributed by atoms with Crippen LogP contribution in [0.3, 0.4) is 0 Å². The molecule has 0 aromatic heterocycles. The van der Waals surface area contributed by atoms with Crippen molar-refractivity contribution in [2.75, 3.05) is 6.61 Å². The molecule has 1 fully saturated rings. The normalized spacial score (nSPS) is 35.7. The van der Waals surface area contributed by atoms with Gasteiger partial charge in [0.1, 0.15) is 6.61 Å². The van der Waals surface area contributed by atoms with E-state index in [9.17, 15) is 4.79 Å². The number of hydrogen-bond donors (Lipinski definition) is 0. The average molecular weight is 331 g/mol. The van der Waals surface area contributed by atoms with Crippen molar-refractivity contribution in [3.8, 4) is 0 Å². The van der Waals surface area contributed by atoms with Gasteiger partial charge in [-0.05, 0) is 81.6 Å². The molecule has 24 heavy (non-hydrogen) atoms. The van der Waals surface area contributed by atoms with E-state index >= 15 is 0 Å². The Morgan fingerprint density at radius 2 is 2.08 bits per heavy atom. The minimum atomic E-state index is -0.188. The Kier molecular flexibility index (Phi) is 6.48. The van der Waals surface area contributed by atoms with Crippen LogP contribution < -0.4 is 0 Å². The van der Waals surface area contributed by atoms with Crippen LogP contribution in [-0.2, 0) is 9.53 Å². The summed E-state index contributed by atoms with van der Waals surface area (Å²) in [6.07, 6.45) is 13.0. The lowest BCUT2D eigenvalue weighted by Crippen LogP contribution is -2.25. The van der Waals surface area contributed by atoms with E-state index < -0.39 is 0 Å². The zero-order chi connectivity index (χ0) is 17.7. The second-order valence-corrected chi connectivity index (χ2v) is 8.24. The van der Waals surface area contributed by atoms with Gasteiger partial charge in [0.25, 0.3) is 0 Å². The fraction of sp³-hybridized carbons (Fsp3) is 0.682. The van der Waals surface area contributed by atoms with E-state index in [2.05, 4.69) is 39.5 Å². The Labute approximate surface area is 148 Å². The van der Waals surface area contributed by atoms with Crippen LogP contribution in [0.25, 0.3) is 0 Å². The van der Waals surface area contributed by atoms with E-state index in [-0.39, 0.29) is 5.97 Å². The first-order valence-electron chi connectivity index (χ1n) is 9.44. The molecule has 134 valence electrons. The van der Waals surface area contributed by atoms with Gasteiger partial charge in [0.05, 0.1) is 0 Å². The van der Waals surface area contributed by atoms with Crippen LogP contribution in [0.4, 0.5) is 0 Å². The molecule has 0 aliphatic heterocycles. The molecule has 0 heterocycles. The molecule has 2 heteroatoms. The molecule has 0 saturated heterocycles. The molecule has 2 aliphatic carbocycles. The van der Waals surface area contributed by atoms with Crippen LogP contribution >= 0.6 is 0 Å². The summed E-state index contributed by atoms with van der Waals surface area (Å²) >= 11 is 0. The van der Waals surface area contributed by atoms with Gasteiger partial charge in [-0.3, -0.25) is 4.79 Å². The number of fused-ring (bicyclic) bond motifs is 1. The third-order valence-corrected chi connectivity index (χ3v) is 6.15. The molecular formula is C22H34O2. The van der Waals surface area contributed by atoms with Crippen molar-refractivity contribution in [1.29, 1.82) is 0 Å². The first-order chi connectivity index (χ1) is 11.3. The Balaban J connectivity index is 2.25. The Morgan fingerprint density at radius 3 is 2.75 bits per heavy atom. The maximum absolute atomic E-state index is 11.2. The summed E-state index contributed by atoms with van der Waals surface area (Å²) in [7, 11) is 0. The van der Waals surface area contributed by atoms with Crippen LogP contribution in [0, 0.1) is 17.3 Å². The highest BCUT2D eigenvalue weighted by atomic mass is 16.5. The lowest BCUT2D eigenvalue weighted by Gasteiger charge is -2.33. The van der Waals surface area contributed by atoms with Gasteiger partial charge in [-0.2, -0.15) is 0 Å². The number of esters is 1. The number of allylic oxidation sites excluding steroid dienone is 4. The Bertz CT molecular complexity index is 540. The summed E-state index contributed by atoms with van der Waals surface area (Å²) in [4.78, 5) is 11.2. The number of rotatable bonds is 3. The second kappa shape index (κ2) is 8.18. The highest BCUT2D eigenvalue weighted by Crippen LogP contribution is 2.53. The molecular weight excluding hydrogens is 296 g/mol. The molecule has 0 amide bonds. The van der Waals surface area contributed by atoms with Gasteiger partial charge in [0.15, 0.2) is 0 Å². The topological polar surface area (TPSA) is 26.3 Å². The van der Waals surface area contributed by atoms with Crippen molar-refractivity contribution >= 4 is 5.97 Å². The van der Waals surface area contributed by atoms with E-state index in [1.165, 1.54) is 42.9 Å². The van der Waals surface area contributed by atoms with Gasteiger partial charge in [0, 0.05) is 6.92 Å². The Morgan fingerprint density at radius 1 is 1.33 bits per heavy atom. The van der Waals surface area contributed by atoms with Gasteiger partial charge < -0.3 is 4.74 Å². The summed E-state index contributed by atoms with van der Waals surface area (Å²) in [6.45, 7) is 13.1. The number of hydrogen-bond acceptors (Lipinski definition) is 2. The van der Waals surface area contributed by atoms with Gasteiger partial charge in [0.2, 0.25) is 0 Å². The predicted molar refractivity (Wildman–Crippen MR) is 101 cm³/mol. The van der Waals surface area contributed by atoms with Crippen LogP contribution in [-0.4, -0.2) is 12.6 Å². The summed E-state index contributed by atoms with van der Waals surface area (Å²) in [6, 6.07) is 0. The maximum atomic E-state index is 11.2. The smallest absolute Gasteiger partial charge is 0.302 e. The quantitative estimate of drug-likeness (QED) is 0.469. The van der Waals surface area contributed by atoms with Gasteiger partial charge in [-0.1, -0.05) is 36.8 Å². The molecule has 1 saturated carbocycles. The monoisotopic (exact) mass is 330 g/mol. The van der Waals surface area contributed by atoms with Crippen molar-refractivity contribution in [3.63, 3.8) is 0 Å². The molecule has 0 radical (unpaired) electrons. The van der Waals surface area contributed by atoms with Gasteiger partial charge in [-0.15, -0.1) is 0 Å². The number of carbonyl (C=O) groups excluding carboxylic acids is 1. The molecule has 3 atom stereocenters. The van der Waals surface area contributed by atoms with Crippen LogP contribution in [0.5, 0.6) is 0 Å². The third kappa shape index (κ3) is 4.84. The standard InChI is InChI=1S/C22H34O2/c1-16(2)20-12-14-22(5)13-11-17(3)7-6-8-19(9-10-21(20)22)15-24-18(4)23/h9,11,20-21H,1,6-8,10,12-15H2,2-5H3/b17-11+,19-9-/t20-,21+,22+/m1/s1. The summed E-state index contributed by atoms with van der Waals surface area (Å²) < 4.78 is 5.28. The molecule has 0 unspecified atom stereocenters. The maximum Gasteiger partial charge on any atom is 0.302 e. The van der Waals surface area contributed by atoms with E-state index in [4.69, 9.17) is 4.74 Å². The van der Waals surface area contributed by atoms with Crippen LogP contribution in [0.2, 0.25) is 0 Å². The van der Waals surface area contributed by atoms with E-state index in [1.807, 2.05) is 0 Å². The molecule has 2 nitrogen and oxygen atoms in total. The van der Waals surface area contributed by atoms with E-state index in [0.29, 0.717) is 23.9 Å². The van der Waals surface area contributed by atoms with Crippen LogP contribution in [0.15, 0.2) is 35.5 Å². The molecule has 2 aliphatic rings. The minimum Gasteiger partial charge on any atom is -0.461 e. The van der Waals surface area contributed by atoms with Crippen molar-refractivity contribution < 1.29 is 9.53 Å². The first kappa shape index (κ1) is 19.0. The summed E-state index contributed by atoms with van der Waals surface area (Å²) in [5.41, 5.74) is 4.48. The lowest BCUT2D eigenvalue weighted by atomic mass is 9.71. The lowest BCUT2D eigenvalue weighted by molar-refractivity contribution is -0.140. The molecule has 0 N–H and O–H groups in total.